The lowest BCUT2D eigenvalue weighted by molar-refractivity contribution is -0.115. The molecular weight excluding hydrogens is 504 g/mol. The van der Waals surface area contributed by atoms with Crippen LogP contribution in [0.5, 0.6) is 11.5 Å². The number of nitrogens with one attached hydrogen (secondary N) is 2. The predicted octanol–water partition coefficient (Wildman–Crippen LogP) is 5.82. The molecule has 3 aromatic carbocycles. The number of hydrogen-bond acceptors (Lipinski definition) is 6. The van der Waals surface area contributed by atoms with Crippen molar-refractivity contribution in [3.8, 4) is 11.5 Å². The molecule has 3 N–H and O–H groups in total. The second-order valence-electron chi connectivity index (χ2n) is 7.52. The first-order chi connectivity index (χ1) is 17.3. The molecule has 0 fully saturated rings. The SMILES string of the molecule is CCC(Sc1cccc(NC(=O)c2c(OC)cccc2OC)c1)C(=O)Nc1ccc(Cl)c(C(=O)O)c1. The standard InChI is InChI=1S/C26H25ClN2O6S/c1-4-22(24(30)28-16-11-12-19(27)18(14-16)26(32)33)36-17-8-5-7-15(13-17)29-25(31)23-20(34-2)9-6-10-21(23)35-3/h5-14,22H,4H2,1-3H3,(H,28,30)(H,29,31)(H,32,33). The zero-order valence-corrected chi connectivity index (χ0v) is 21.4. The normalized spacial score (nSPS) is 11.3. The van der Waals surface area contributed by atoms with Crippen LogP contribution in [0.1, 0.15) is 34.1 Å². The van der Waals surface area contributed by atoms with Gasteiger partial charge in [0, 0.05) is 16.3 Å². The molecule has 0 heterocycles. The fourth-order valence-electron chi connectivity index (χ4n) is 3.39. The fraction of sp³-hybridized carbons (Fsp3) is 0.192. The molecule has 1 atom stereocenters. The summed E-state index contributed by atoms with van der Waals surface area (Å²) in [6.07, 6.45) is 0.519. The summed E-state index contributed by atoms with van der Waals surface area (Å²) >= 11 is 7.23. The number of benzene rings is 3. The molecule has 3 rings (SSSR count). The Morgan fingerprint density at radius 3 is 2.19 bits per heavy atom. The molecule has 188 valence electrons. The van der Waals surface area contributed by atoms with Gasteiger partial charge in [0.05, 0.1) is 30.1 Å². The van der Waals surface area contributed by atoms with Crippen LogP contribution in [0.3, 0.4) is 0 Å². The summed E-state index contributed by atoms with van der Waals surface area (Å²) in [6, 6.07) is 16.5. The van der Waals surface area contributed by atoms with Crippen LogP contribution in [0.25, 0.3) is 0 Å². The van der Waals surface area contributed by atoms with E-state index in [2.05, 4.69) is 10.6 Å². The lowest BCUT2D eigenvalue weighted by Crippen LogP contribution is -2.24. The molecule has 0 saturated carbocycles. The third-order valence-electron chi connectivity index (χ3n) is 5.15. The summed E-state index contributed by atoms with van der Waals surface area (Å²) in [4.78, 5) is 38.0. The van der Waals surface area contributed by atoms with E-state index in [1.807, 2.05) is 13.0 Å². The lowest BCUT2D eigenvalue weighted by Gasteiger charge is -2.16. The second kappa shape index (κ2) is 12.3. The summed E-state index contributed by atoms with van der Waals surface area (Å²) in [5.74, 6) is -1.09. The number of carbonyl (C=O) groups excluding carboxylic acids is 2. The van der Waals surface area contributed by atoms with Crippen LogP contribution in [0.4, 0.5) is 11.4 Å². The van der Waals surface area contributed by atoms with Crippen molar-refractivity contribution in [2.45, 2.75) is 23.5 Å². The van der Waals surface area contributed by atoms with Gasteiger partial charge in [0.2, 0.25) is 5.91 Å². The number of hydrogen-bond donors (Lipinski definition) is 3. The monoisotopic (exact) mass is 528 g/mol. The average Bonchev–Trinajstić information content (AvgIpc) is 2.87. The Morgan fingerprint density at radius 1 is 0.944 bits per heavy atom. The van der Waals surface area contributed by atoms with Crippen LogP contribution >= 0.6 is 23.4 Å². The maximum Gasteiger partial charge on any atom is 0.337 e. The van der Waals surface area contributed by atoms with Gasteiger partial charge < -0.3 is 25.2 Å². The molecule has 1 unspecified atom stereocenters. The van der Waals surface area contributed by atoms with E-state index in [9.17, 15) is 19.5 Å². The first kappa shape index (κ1) is 26.9. The van der Waals surface area contributed by atoms with Gasteiger partial charge in [-0.25, -0.2) is 4.79 Å². The highest BCUT2D eigenvalue weighted by Gasteiger charge is 2.21. The summed E-state index contributed by atoms with van der Waals surface area (Å²) in [6.45, 7) is 1.88. The van der Waals surface area contributed by atoms with Crippen LogP contribution in [0.2, 0.25) is 5.02 Å². The largest absolute Gasteiger partial charge is 0.496 e. The summed E-state index contributed by atoms with van der Waals surface area (Å²) in [5.41, 5.74) is 1.06. The Kier molecular flexibility index (Phi) is 9.21. The van der Waals surface area contributed by atoms with Gasteiger partial charge in [0.1, 0.15) is 17.1 Å². The fourth-order valence-corrected chi connectivity index (χ4v) is 4.60. The second-order valence-corrected chi connectivity index (χ2v) is 9.21. The molecule has 36 heavy (non-hydrogen) atoms. The molecule has 0 spiro atoms. The van der Waals surface area contributed by atoms with E-state index in [0.717, 1.165) is 4.90 Å². The minimum absolute atomic E-state index is 0.0894. The number of carboxylic acids is 1. The Hall–Kier alpha value is -3.69. The van der Waals surface area contributed by atoms with E-state index in [0.29, 0.717) is 29.3 Å². The van der Waals surface area contributed by atoms with Crippen molar-refractivity contribution < 1.29 is 29.0 Å². The highest BCUT2D eigenvalue weighted by atomic mass is 35.5. The van der Waals surface area contributed by atoms with Crippen molar-refractivity contribution in [2.24, 2.45) is 0 Å². The first-order valence-corrected chi connectivity index (χ1v) is 12.2. The van der Waals surface area contributed by atoms with Gasteiger partial charge in [-0.05, 0) is 55.0 Å². The van der Waals surface area contributed by atoms with E-state index in [1.54, 1.807) is 42.5 Å². The number of aromatic carboxylic acids is 1. The highest BCUT2D eigenvalue weighted by molar-refractivity contribution is 8.00. The number of ether oxygens (including phenoxy) is 2. The molecule has 0 aliphatic heterocycles. The van der Waals surface area contributed by atoms with Crippen LogP contribution in [-0.4, -0.2) is 42.4 Å². The van der Waals surface area contributed by atoms with E-state index in [1.165, 1.54) is 38.1 Å². The van der Waals surface area contributed by atoms with E-state index < -0.39 is 17.1 Å². The van der Waals surface area contributed by atoms with E-state index in [4.69, 9.17) is 21.1 Å². The summed E-state index contributed by atoms with van der Waals surface area (Å²) in [5, 5.41) is 14.5. The van der Waals surface area contributed by atoms with Crippen LogP contribution in [0, 0.1) is 0 Å². The Labute approximate surface area is 217 Å². The third kappa shape index (κ3) is 6.50. The lowest BCUT2D eigenvalue weighted by atomic mass is 10.1. The van der Waals surface area contributed by atoms with E-state index >= 15 is 0 Å². The van der Waals surface area contributed by atoms with Crippen LogP contribution < -0.4 is 20.1 Å². The molecule has 8 nitrogen and oxygen atoms in total. The van der Waals surface area contributed by atoms with Crippen molar-refractivity contribution in [3.63, 3.8) is 0 Å². The maximum absolute atomic E-state index is 13.0. The Bertz CT molecular complexity index is 1260. The molecular formula is C26H25ClN2O6S. The molecule has 3 aromatic rings. The smallest absolute Gasteiger partial charge is 0.337 e. The van der Waals surface area contributed by atoms with Gasteiger partial charge >= 0.3 is 5.97 Å². The molecule has 0 aromatic heterocycles. The van der Waals surface area contributed by atoms with E-state index in [-0.39, 0.29) is 22.1 Å². The molecule has 10 heteroatoms. The van der Waals surface area contributed by atoms with Crippen molar-refractivity contribution in [3.05, 3.63) is 76.8 Å². The number of methoxy groups -OCH3 is 2. The molecule has 2 amide bonds. The number of thioether (sulfide) groups is 1. The average molecular weight is 529 g/mol. The minimum Gasteiger partial charge on any atom is -0.496 e. The van der Waals surface area contributed by atoms with Gasteiger partial charge in [-0.2, -0.15) is 0 Å². The zero-order valence-electron chi connectivity index (χ0n) is 19.8. The maximum atomic E-state index is 13.0. The Morgan fingerprint density at radius 2 is 1.58 bits per heavy atom. The Balaban J connectivity index is 1.73. The summed E-state index contributed by atoms with van der Waals surface area (Å²) < 4.78 is 10.6. The first-order valence-electron chi connectivity index (χ1n) is 10.9. The van der Waals surface area contributed by atoms with Gasteiger partial charge in [-0.3, -0.25) is 9.59 Å². The van der Waals surface area contributed by atoms with Gasteiger partial charge in [0.15, 0.2) is 0 Å². The molecule has 0 saturated heterocycles. The van der Waals surface area contributed by atoms with Gasteiger partial charge in [-0.1, -0.05) is 30.7 Å². The highest BCUT2D eigenvalue weighted by Crippen LogP contribution is 2.31. The van der Waals surface area contributed by atoms with Gasteiger partial charge in [-0.15, -0.1) is 11.8 Å². The number of carbonyl (C=O) groups is 3. The van der Waals surface area contributed by atoms with Crippen molar-refractivity contribution >= 4 is 52.5 Å². The van der Waals surface area contributed by atoms with Crippen molar-refractivity contribution in [1.82, 2.24) is 0 Å². The van der Waals surface area contributed by atoms with Crippen molar-refractivity contribution in [2.75, 3.05) is 24.9 Å². The predicted molar refractivity (Wildman–Crippen MR) is 141 cm³/mol. The molecule has 0 bridgehead atoms. The molecule has 0 aliphatic rings. The number of amides is 2. The molecule has 0 aliphatic carbocycles. The topological polar surface area (TPSA) is 114 Å². The number of carboxylic acid groups (broad SMARTS) is 1. The zero-order chi connectivity index (χ0) is 26.2. The minimum atomic E-state index is -1.18. The van der Waals surface area contributed by atoms with Gasteiger partial charge in [0.25, 0.3) is 5.91 Å². The number of rotatable bonds is 10. The van der Waals surface area contributed by atoms with Crippen LogP contribution in [-0.2, 0) is 4.79 Å². The van der Waals surface area contributed by atoms with Crippen molar-refractivity contribution in [1.29, 1.82) is 0 Å². The summed E-state index contributed by atoms with van der Waals surface area (Å²) in [7, 11) is 2.95. The quantitative estimate of drug-likeness (QED) is 0.284. The van der Waals surface area contributed by atoms with Crippen LogP contribution in [0.15, 0.2) is 65.6 Å². The molecule has 0 radical (unpaired) electrons. The third-order valence-corrected chi connectivity index (χ3v) is 6.84. The number of anilines is 2. The number of halogens is 1.